The Balaban J connectivity index is -0.000000513. The van der Waals surface area contributed by atoms with Gasteiger partial charge in [-0.1, -0.05) is 0 Å². The van der Waals surface area contributed by atoms with Crippen molar-refractivity contribution in [3.05, 3.63) is 0 Å². The zero-order chi connectivity index (χ0) is 19.2. The molecule has 0 atom stereocenters. The molecule has 11 N–H and O–H groups in total. The Morgan fingerprint density at radius 2 is 0.920 bits per heavy atom. The largest absolute Gasteiger partial charge is 0.477 e. The first-order valence-electron chi connectivity index (χ1n) is 6.78. The molecule has 0 unspecified atom stereocenters. The van der Waals surface area contributed by atoms with Crippen LogP contribution in [0.15, 0.2) is 0 Å². The third kappa shape index (κ3) is 17.9. The number of carboxylic acid groups (broad SMARTS) is 4. The summed E-state index contributed by atoms with van der Waals surface area (Å²) in [7, 11) is 0. The van der Waals surface area contributed by atoms with E-state index in [4.69, 9.17) is 36.6 Å². The van der Waals surface area contributed by atoms with E-state index in [1.54, 1.807) is 0 Å². The lowest BCUT2D eigenvalue weighted by molar-refractivity contribution is -0.900. The minimum atomic E-state index is -1.46. The Morgan fingerprint density at radius 3 is 1.08 bits per heavy atom. The molecule has 148 valence electrons. The molecule has 0 aliphatic rings. The smallest absolute Gasteiger partial charge is 0.359 e. The Hall–Kier alpha value is -2.32. The molecule has 0 spiro atoms. The summed E-state index contributed by atoms with van der Waals surface area (Å²) < 4.78 is 3.81. The van der Waals surface area contributed by atoms with Gasteiger partial charge in [-0.3, -0.25) is 4.48 Å². The molecule has 0 aromatic carbocycles. The van der Waals surface area contributed by atoms with Gasteiger partial charge in [0.2, 0.25) is 0 Å². The number of carboxylic acids is 4. The fraction of sp³-hybridized carbons (Fsp3) is 0.667. The van der Waals surface area contributed by atoms with E-state index in [0.29, 0.717) is 26.3 Å². The van der Waals surface area contributed by atoms with Gasteiger partial charge in [0.05, 0.1) is 13.2 Å². The molecule has 0 aliphatic heterocycles. The monoisotopic (exact) mass is 371 g/mol. The van der Waals surface area contributed by atoms with E-state index in [-0.39, 0.29) is 6.15 Å². The summed E-state index contributed by atoms with van der Waals surface area (Å²) in [6.07, 6.45) is 0. The number of aliphatic carboxylic acids is 4. The first-order valence-corrected chi connectivity index (χ1v) is 6.78. The number of rotatable bonds is 12. The molecule has 0 rings (SSSR count). The van der Waals surface area contributed by atoms with Gasteiger partial charge in [-0.15, -0.1) is 0 Å². The zero-order valence-electron chi connectivity index (χ0n) is 13.8. The van der Waals surface area contributed by atoms with Crippen LogP contribution in [-0.4, -0.2) is 101 Å². The second-order valence-corrected chi connectivity index (χ2v) is 4.74. The summed E-state index contributed by atoms with van der Waals surface area (Å²) in [6.45, 7) is -1.13. The average molecular weight is 371 g/mol. The highest BCUT2D eigenvalue weighted by Gasteiger charge is 2.38. The number of ether oxygens (including phenoxy) is 1. The van der Waals surface area contributed by atoms with Crippen LogP contribution in [0.4, 0.5) is 0 Å². The van der Waals surface area contributed by atoms with Crippen LogP contribution >= 0.6 is 0 Å². The molecule has 0 aromatic rings. The van der Waals surface area contributed by atoms with E-state index in [1.807, 2.05) is 0 Å². The van der Waals surface area contributed by atoms with Gasteiger partial charge >= 0.3 is 23.9 Å². The zero-order valence-corrected chi connectivity index (χ0v) is 13.8. The van der Waals surface area contributed by atoms with Crippen LogP contribution < -0.4 is 17.6 Å². The van der Waals surface area contributed by atoms with Crippen molar-refractivity contribution in [1.29, 1.82) is 0 Å². The Bertz CT molecular complexity index is 357. The second-order valence-electron chi connectivity index (χ2n) is 4.74. The molecule has 0 heterocycles. The summed E-state index contributed by atoms with van der Waals surface area (Å²) in [4.78, 5) is 42.3. The lowest BCUT2D eigenvalue weighted by atomic mass is 10.3. The SMILES string of the molecule is N.NCCOCCN.O=C(O)C[N+](CC(=O)O)(CC(=O)O)CC(=O)O. The van der Waals surface area contributed by atoms with Crippen LogP contribution in [0.5, 0.6) is 0 Å². The van der Waals surface area contributed by atoms with Gasteiger partial charge in [0.15, 0.2) is 26.2 Å². The molecule has 0 aliphatic carbocycles. The van der Waals surface area contributed by atoms with Crippen molar-refractivity contribution in [2.45, 2.75) is 0 Å². The van der Waals surface area contributed by atoms with Gasteiger partial charge in [-0.05, 0) is 0 Å². The third-order valence-electron chi connectivity index (χ3n) is 2.41. The molecule has 0 fully saturated rings. The molecule has 0 aromatic heterocycles. The van der Waals surface area contributed by atoms with Crippen molar-refractivity contribution >= 4 is 23.9 Å². The topological polar surface area (TPSA) is 245 Å². The fourth-order valence-electron chi connectivity index (χ4n) is 1.75. The van der Waals surface area contributed by atoms with Crippen molar-refractivity contribution in [2.24, 2.45) is 11.5 Å². The number of hydrogen-bond acceptors (Lipinski definition) is 8. The number of hydrogen-bond donors (Lipinski definition) is 7. The first-order chi connectivity index (χ1) is 11.1. The molecule has 13 nitrogen and oxygen atoms in total. The predicted octanol–water partition coefficient (Wildman–Crippen LogP) is -2.78. The number of nitrogens with two attached hydrogens (primary N) is 2. The lowest BCUT2D eigenvalue weighted by Gasteiger charge is -2.32. The van der Waals surface area contributed by atoms with Crippen LogP contribution in [-0.2, 0) is 23.9 Å². The highest BCUT2D eigenvalue weighted by Crippen LogP contribution is 2.07. The maximum absolute atomic E-state index is 10.6. The van der Waals surface area contributed by atoms with E-state index >= 15 is 0 Å². The van der Waals surface area contributed by atoms with Crippen molar-refractivity contribution in [3.63, 3.8) is 0 Å². The highest BCUT2D eigenvalue weighted by molar-refractivity contribution is 5.75. The summed E-state index contributed by atoms with van der Waals surface area (Å²) in [5.74, 6) is -5.86. The number of quaternary nitrogens is 1. The van der Waals surface area contributed by atoms with Gasteiger partial charge in [0.1, 0.15) is 0 Å². The van der Waals surface area contributed by atoms with Crippen LogP contribution in [0.25, 0.3) is 0 Å². The predicted molar refractivity (Wildman–Crippen MR) is 84.2 cm³/mol. The molecule has 0 saturated heterocycles. The molecular formula is C12H27N4O9+. The quantitative estimate of drug-likeness (QED) is 0.136. The van der Waals surface area contributed by atoms with Crippen molar-refractivity contribution in [3.8, 4) is 0 Å². The minimum absolute atomic E-state index is 0. The standard InChI is InChI=1S/C8H11NO8.C4H12N2O.H3N/c10-5(11)1-9(2-6(12)13,3-7(14)15)4-8(16)17;5-1-3-7-4-2-6;/h1-4H2,(H3-,10,11,12,13,14,15,16,17);1-6H2;1H3/p+1. The van der Waals surface area contributed by atoms with E-state index in [9.17, 15) is 19.2 Å². The van der Waals surface area contributed by atoms with Crippen molar-refractivity contribution in [2.75, 3.05) is 52.5 Å². The number of carbonyl (C=O) groups is 4. The van der Waals surface area contributed by atoms with Crippen LogP contribution in [0.3, 0.4) is 0 Å². The third-order valence-corrected chi connectivity index (χ3v) is 2.41. The lowest BCUT2D eigenvalue weighted by Crippen LogP contribution is -2.58. The molecule has 13 heteroatoms. The molecular weight excluding hydrogens is 344 g/mol. The van der Waals surface area contributed by atoms with Crippen LogP contribution in [0, 0.1) is 0 Å². The van der Waals surface area contributed by atoms with E-state index in [1.165, 1.54) is 0 Å². The first kappa shape index (κ1) is 27.5. The summed E-state index contributed by atoms with van der Waals surface area (Å²) >= 11 is 0. The van der Waals surface area contributed by atoms with Crippen molar-refractivity contribution < 1.29 is 48.8 Å². The molecule has 0 bridgehead atoms. The minimum Gasteiger partial charge on any atom is -0.477 e. The van der Waals surface area contributed by atoms with Gasteiger partial charge in [-0.25, -0.2) is 19.2 Å². The maximum Gasteiger partial charge on any atom is 0.359 e. The Kier molecular flexibility index (Phi) is 16.8. The second kappa shape index (κ2) is 15.2. The summed E-state index contributed by atoms with van der Waals surface area (Å²) in [5.41, 5.74) is 10.2. The van der Waals surface area contributed by atoms with Gasteiger partial charge in [0.25, 0.3) is 0 Å². The molecule has 0 amide bonds. The maximum atomic E-state index is 10.6. The van der Waals surface area contributed by atoms with E-state index in [0.717, 1.165) is 0 Å². The van der Waals surface area contributed by atoms with E-state index < -0.39 is 54.5 Å². The number of nitrogens with zero attached hydrogens (tertiary/aromatic N) is 1. The summed E-state index contributed by atoms with van der Waals surface area (Å²) in [6, 6.07) is 0. The average Bonchev–Trinajstić information content (AvgIpc) is 2.35. The normalized spacial score (nSPS) is 10.0. The van der Waals surface area contributed by atoms with E-state index in [2.05, 4.69) is 0 Å². The van der Waals surface area contributed by atoms with Crippen molar-refractivity contribution in [1.82, 2.24) is 6.15 Å². The molecule has 25 heavy (non-hydrogen) atoms. The summed E-state index contributed by atoms with van der Waals surface area (Å²) in [5, 5.41) is 34.4. The van der Waals surface area contributed by atoms with Crippen LogP contribution in [0.1, 0.15) is 0 Å². The fourth-order valence-corrected chi connectivity index (χ4v) is 1.75. The Morgan fingerprint density at radius 1 is 0.680 bits per heavy atom. The van der Waals surface area contributed by atoms with Gasteiger partial charge < -0.3 is 42.8 Å². The van der Waals surface area contributed by atoms with Gasteiger partial charge in [0, 0.05) is 13.1 Å². The van der Waals surface area contributed by atoms with Gasteiger partial charge in [-0.2, -0.15) is 0 Å². The highest BCUT2D eigenvalue weighted by atomic mass is 16.5. The van der Waals surface area contributed by atoms with Crippen LogP contribution in [0.2, 0.25) is 0 Å². The Labute approximate surface area is 143 Å². The molecule has 0 saturated carbocycles. The molecule has 0 radical (unpaired) electrons.